The van der Waals surface area contributed by atoms with Crippen molar-refractivity contribution in [1.29, 1.82) is 0 Å². The van der Waals surface area contributed by atoms with E-state index in [1.807, 2.05) is 18.2 Å². The maximum atomic E-state index is 14.6. The Kier molecular flexibility index (Phi) is 8.92. The molecule has 3 heterocycles. The molecule has 2 atom stereocenters. The topological polar surface area (TPSA) is 70.9 Å². The zero-order chi connectivity index (χ0) is 30.8. The molecule has 1 saturated carbocycles. The fourth-order valence-electron chi connectivity index (χ4n) is 8.24. The third kappa shape index (κ3) is 6.53. The number of hydrogen-bond acceptors (Lipinski definition) is 5. The minimum Gasteiger partial charge on any atom is -0.446 e. The molecule has 0 bridgehead atoms. The largest absolute Gasteiger partial charge is 0.446 e. The molecule has 3 fully saturated rings. The van der Waals surface area contributed by atoms with Crippen LogP contribution >= 0.6 is 0 Å². The Hall–Kier alpha value is -3.65. The number of fused-ring (bicyclic) bond motifs is 2. The second-order valence-corrected chi connectivity index (χ2v) is 13.7. The molecule has 0 N–H and O–H groups in total. The second-order valence-electron chi connectivity index (χ2n) is 13.7. The van der Waals surface area contributed by atoms with Crippen molar-refractivity contribution in [3.63, 3.8) is 0 Å². The number of piperazine rings is 1. The van der Waals surface area contributed by atoms with Crippen molar-refractivity contribution in [1.82, 2.24) is 24.3 Å². The van der Waals surface area contributed by atoms with Crippen LogP contribution in [0.25, 0.3) is 0 Å². The zero-order valence-electron chi connectivity index (χ0n) is 26.7. The Morgan fingerprint density at radius 2 is 1.56 bits per heavy atom. The summed E-state index contributed by atoms with van der Waals surface area (Å²) in [5.41, 5.74) is 6.39. The maximum absolute atomic E-state index is 14.6. The highest BCUT2D eigenvalue weighted by molar-refractivity contribution is 5.86. The number of aryl methyl sites for hydroxylation is 3. The quantitative estimate of drug-likeness (QED) is 0.367. The standard InChI is InChI=1S/C37H47N5O3/c1-27-22-39(26-38-27)23-28-10-9-19-41(24-28)36(43)34-25-40(20-21-42(34)37(44)45-31-13-3-2-4-14-31)35-32-15-7-5-11-29(32)17-18-30-12-6-8-16-33(30)35/h5-8,11-12,15-16,22,26,28,31,34-35H,2-4,9-10,13-14,17-21,23-25H2,1H3/t28-,34+/m0/s1. The highest BCUT2D eigenvalue weighted by Crippen LogP contribution is 2.38. The fraction of sp³-hybridized carbons (Fsp3) is 0.541. The van der Waals surface area contributed by atoms with Gasteiger partial charge in [0.25, 0.3) is 0 Å². The maximum Gasteiger partial charge on any atom is 0.410 e. The zero-order valence-corrected chi connectivity index (χ0v) is 26.7. The van der Waals surface area contributed by atoms with Crippen LogP contribution in [0.2, 0.25) is 0 Å². The van der Waals surface area contributed by atoms with Crippen LogP contribution < -0.4 is 0 Å². The SMILES string of the molecule is Cc1cn(C[C@@H]2CCCN(C(=O)[C@H]3CN(C4c5ccccc5CCc5ccccc54)CCN3C(=O)OC3CCCCC3)C2)cn1. The summed E-state index contributed by atoms with van der Waals surface area (Å²) in [4.78, 5) is 39.1. The van der Waals surface area contributed by atoms with Crippen LogP contribution in [0.5, 0.6) is 0 Å². The molecule has 0 spiro atoms. The first-order valence-electron chi connectivity index (χ1n) is 17.2. The molecule has 2 amide bonds. The van der Waals surface area contributed by atoms with Gasteiger partial charge < -0.3 is 14.2 Å². The normalized spacial score (nSPS) is 23.2. The van der Waals surface area contributed by atoms with E-state index in [1.165, 1.54) is 28.7 Å². The summed E-state index contributed by atoms with van der Waals surface area (Å²) in [7, 11) is 0. The van der Waals surface area contributed by atoms with Crippen molar-refractivity contribution >= 4 is 12.0 Å². The molecule has 238 valence electrons. The van der Waals surface area contributed by atoms with Crippen molar-refractivity contribution in [3.8, 4) is 0 Å². The Bertz CT molecular complexity index is 1450. The number of nitrogens with zero attached hydrogens (tertiary/aromatic N) is 5. The second kappa shape index (κ2) is 13.4. The summed E-state index contributed by atoms with van der Waals surface area (Å²) in [6.45, 7) is 5.96. The first kappa shape index (κ1) is 30.0. The number of amides is 2. The van der Waals surface area contributed by atoms with Crippen molar-refractivity contribution in [2.75, 3.05) is 32.7 Å². The minimum atomic E-state index is -0.577. The molecule has 1 aromatic heterocycles. The Labute approximate surface area is 267 Å². The van der Waals surface area contributed by atoms with Crippen LogP contribution in [0.1, 0.15) is 78.9 Å². The molecule has 0 radical (unpaired) electrons. The molecular formula is C37H47N5O3. The fourth-order valence-corrected chi connectivity index (χ4v) is 8.24. The molecule has 2 aliphatic carbocycles. The summed E-state index contributed by atoms with van der Waals surface area (Å²) in [6, 6.07) is 17.0. The lowest BCUT2D eigenvalue weighted by Crippen LogP contribution is -2.62. The number of likely N-dealkylation sites (tertiary alicyclic amines) is 1. The van der Waals surface area contributed by atoms with Crippen LogP contribution in [0.3, 0.4) is 0 Å². The molecule has 0 unspecified atom stereocenters. The van der Waals surface area contributed by atoms with Crippen molar-refractivity contribution in [2.24, 2.45) is 5.92 Å². The van der Waals surface area contributed by atoms with Gasteiger partial charge in [0.15, 0.2) is 0 Å². The van der Waals surface area contributed by atoms with E-state index in [2.05, 4.69) is 69.2 Å². The van der Waals surface area contributed by atoms with E-state index >= 15 is 0 Å². The summed E-state index contributed by atoms with van der Waals surface area (Å²) in [6.07, 6.45) is 12.9. The number of ether oxygens (including phenoxy) is 1. The molecule has 2 saturated heterocycles. The number of benzene rings is 2. The van der Waals surface area contributed by atoms with E-state index in [-0.39, 0.29) is 24.1 Å². The molecular weight excluding hydrogens is 562 g/mol. The van der Waals surface area contributed by atoms with Gasteiger partial charge >= 0.3 is 6.09 Å². The Morgan fingerprint density at radius 1 is 0.844 bits per heavy atom. The predicted molar refractivity (Wildman–Crippen MR) is 174 cm³/mol. The van der Waals surface area contributed by atoms with Crippen molar-refractivity contribution in [3.05, 3.63) is 89.0 Å². The average molecular weight is 610 g/mol. The molecule has 8 nitrogen and oxygen atoms in total. The molecule has 2 aromatic carbocycles. The van der Waals surface area contributed by atoms with E-state index < -0.39 is 6.04 Å². The van der Waals surface area contributed by atoms with E-state index in [1.54, 1.807) is 4.90 Å². The average Bonchev–Trinajstić information content (AvgIpc) is 3.40. The number of hydrogen-bond donors (Lipinski definition) is 0. The van der Waals surface area contributed by atoms with Gasteiger partial charge in [0.2, 0.25) is 5.91 Å². The monoisotopic (exact) mass is 609 g/mol. The summed E-state index contributed by atoms with van der Waals surface area (Å²) in [5, 5.41) is 0. The van der Waals surface area contributed by atoms with Gasteiger partial charge in [0.05, 0.1) is 18.1 Å². The van der Waals surface area contributed by atoms with Crippen LogP contribution in [0.15, 0.2) is 61.1 Å². The van der Waals surface area contributed by atoms with Gasteiger partial charge in [0, 0.05) is 45.5 Å². The number of imidazole rings is 1. The Morgan fingerprint density at radius 3 is 2.24 bits per heavy atom. The van der Waals surface area contributed by atoms with Gasteiger partial charge in [-0.3, -0.25) is 14.6 Å². The Balaban J connectivity index is 1.16. The lowest BCUT2D eigenvalue weighted by Gasteiger charge is -2.46. The summed E-state index contributed by atoms with van der Waals surface area (Å²) >= 11 is 0. The summed E-state index contributed by atoms with van der Waals surface area (Å²) < 4.78 is 8.25. The van der Waals surface area contributed by atoms with Gasteiger partial charge in [-0.2, -0.15) is 0 Å². The van der Waals surface area contributed by atoms with Crippen molar-refractivity contribution < 1.29 is 14.3 Å². The summed E-state index contributed by atoms with van der Waals surface area (Å²) in [5.74, 6) is 0.418. The number of rotatable bonds is 5. The first-order valence-corrected chi connectivity index (χ1v) is 17.2. The van der Waals surface area contributed by atoms with E-state index in [0.717, 1.165) is 70.2 Å². The van der Waals surface area contributed by atoms with Crippen molar-refractivity contribution in [2.45, 2.75) is 89.4 Å². The smallest absolute Gasteiger partial charge is 0.410 e. The van der Waals surface area contributed by atoms with Crippen LogP contribution in [-0.2, 0) is 28.9 Å². The molecule has 3 aromatic rings. The highest BCUT2D eigenvalue weighted by atomic mass is 16.6. The minimum absolute atomic E-state index is 0.0429. The van der Waals surface area contributed by atoms with Crippen LogP contribution in [0, 0.1) is 12.8 Å². The predicted octanol–water partition coefficient (Wildman–Crippen LogP) is 5.77. The lowest BCUT2D eigenvalue weighted by molar-refractivity contribution is -0.141. The number of aromatic nitrogens is 2. The third-order valence-electron chi connectivity index (χ3n) is 10.5. The molecule has 8 heteroatoms. The van der Waals surface area contributed by atoms with Crippen LogP contribution in [0.4, 0.5) is 4.79 Å². The van der Waals surface area contributed by atoms with Crippen LogP contribution in [-0.4, -0.2) is 81.1 Å². The number of piperidine rings is 1. The molecule has 4 aliphatic rings. The number of carbonyl (C=O) groups excluding carboxylic acids is 2. The number of carbonyl (C=O) groups is 2. The van der Waals surface area contributed by atoms with Gasteiger partial charge in [-0.15, -0.1) is 0 Å². The highest BCUT2D eigenvalue weighted by Gasteiger charge is 2.43. The molecule has 7 rings (SSSR count). The van der Waals surface area contributed by atoms with E-state index in [4.69, 9.17) is 4.74 Å². The third-order valence-corrected chi connectivity index (χ3v) is 10.5. The van der Waals surface area contributed by atoms with Gasteiger partial charge in [-0.1, -0.05) is 55.0 Å². The molecule has 45 heavy (non-hydrogen) atoms. The van der Waals surface area contributed by atoms with E-state index in [0.29, 0.717) is 32.1 Å². The van der Waals surface area contributed by atoms with E-state index in [9.17, 15) is 9.59 Å². The van der Waals surface area contributed by atoms with Gasteiger partial charge in [0.1, 0.15) is 12.1 Å². The first-order chi connectivity index (χ1) is 22.0. The molecule has 2 aliphatic heterocycles. The lowest BCUT2D eigenvalue weighted by atomic mass is 9.91. The van der Waals surface area contributed by atoms with Gasteiger partial charge in [-0.25, -0.2) is 9.78 Å². The van der Waals surface area contributed by atoms with Gasteiger partial charge in [-0.05, 0) is 86.5 Å².